The van der Waals surface area contributed by atoms with Gasteiger partial charge in [-0.15, -0.1) is 0 Å². The van der Waals surface area contributed by atoms with Gasteiger partial charge in [0.05, 0.1) is 0 Å². The lowest BCUT2D eigenvalue weighted by atomic mass is 9.85. The molecule has 0 N–H and O–H groups in total. The van der Waals surface area contributed by atoms with Gasteiger partial charge in [0.1, 0.15) is 5.60 Å². The molecule has 1 rings (SSSR count). The zero-order chi connectivity index (χ0) is 14.8. The quantitative estimate of drug-likeness (QED) is 0.741. The van der Waals surface area contributed by atoms with E-state index in [0.717, 1.165) is 12.8 Å². The molecule has 1 saturated heterocycles. The Hall–Kier alpha value is -0.730. The van der Waals surface area contributed by atoms with Crippen LogP contribution >= 0.6 is 0 Å². The van der Waals surface area contributed by atoms with Gasteiger partial charge in [-0.05, 0) is 51.9 Å². The molecule has 2 atom stereocenters. The first-order valence-electron chi connectivity index (χ1n) is 7.64. The lowest BCUT2D eigenvalue weighted by molar-refractivity contribution is -0.0212. The third-order valence-corrected chi connectivity index (χ3v) is 3.86. The summed E-state index contributed by atoms with van der Waals surface area (Å²) in [6.07, 6.45) is 3.27. The number of likely N-dealkylation sites (tertiary alicyclic amines) is 1. The van der Waals surface area contributed by atoms with Crippen molar-refractivity contribution in [3.63, 3.8) is 0 Å². The summed E-state index contributed by atoms with van der Waals surface area (Å²) in [6.45, 7) is 14.6. The molecule has 3 nitrogen and oxygen atoms in total. The molecule has 1 amide bonds. The van der Waals surface area contributed by atoms with Crippen LogP contribution in [0.3, 0.4) is 0 Å². The lowest BCUT2D eigenvalue weighted by Gasteiger charge is -2.45. The molecule has 0 radical (unpaired) electrons. The number of carbonyl (C=O) groups excluding carboxylic acids is 1. The van der Waals surface area contributed by atoms with Crippen LogP contribution in [0.5, 0.6) is 0 Å². The van der Waals surface area contributed by atoms with Gasteiger partial charge >= 0.3 is 6.09 Å². The third-order valence-electron chi connectivity index (χ3n) is 3.86. The number of piperidine rings is 1. The Bertz CT molecular complexity index is 288. The van der Waals surface area contributed by atoms with Crippen LogP contribution in [0.15, 0.2) is 0 Å². The molecule has 0 aromatic carbocycles. The second-order valence-corrected chi connectivity index (χ2v) is 7.44. The van der Waals surface area contributed by atoms with E-state index in [9.17, 15) is 4.79 Å². The van der Waals surface area contributed by atoms with Crippen LogP contribution in [-0.2, 0) is 4.74 Å². The van der Waals surface area contributed by atoms with Crippen molar-refractivity contribution in [2.45, 2.75) is 85.4 Å². The fraction of sp³-hybridized carbons (Fsp3) is 0.938. The standard InChI is InChI=1S/C16H31NO2/c1-11(2)13-9-8-10-14(12(3)4)17(13)15(18)19-16(5,6)7/h11-14H,8-10H2,1-7H3/t13-,14-/m1/s1. The molecule has 19 heavy (non-hydrogen) atoms. The summed E-state index contributed by atoms with van der Waals surface area (Å²) in [5.41, 5.74) is -0.419. The molecule has 112 valence electrons. The van der Waals surface area contributed by atoms with Crippen LogP contribution < -0.4 is 0 Å². The number of hydrogen-bond donors (Lipinski definition) is 0. The largest absolute Gasteiger partial charge is 0.444 e. The van der Waals surface area contributed by atoms with E-state index in [1.165, 1.54) is 6.42 Å². The van der Waals surface area contributed by atoms with E-state index in [2.05, 4.69) is 27.7 Å². The van der Waals surface area contributed by atoms with Crippen LogP contribution in [0, 0.1) is 11.8 Å². The first-order valence-corrected chi connectivity index (χ1v) is 7.64. The average Bonchev–Trinajstić information content (AvgIpc) is 2.25. The first-order chi connectivity index (χ1) is 8.63. The van der Waals surface area contributed by atoms with Crippen molar-refractivity contribution in [2.24, 2.45) is 11.8 Å². The highest BCUT2D eigenvalue weighted by molar-refractivity contribution is 5.69. The molecule has 0 unspecified atom stereocenters. The van der Waals surface area contributed by atoms with Crippen molar-refractivity contribution in [3.8, 4) is 0 Å². The van der Waals surface area contributed by atoms with E-state index in [1.807, 2.05) is 25.7 Å². The molecule has 1 fully saturated rings. The minimum absolute atomic E-state index is 0.135. The Morgan fingerprint density at radius 2 is 1.47 bits per heavy atom. The zero-order valence-corrected chi connectivity index (χ0v) is 13.7. The summed E-state index contributed by atoms with van der Waals surface area (Å²) in [6, 6.07) is 0.631. The molecule has 0 aromatic rings. The minimum Gasteiger partial charge on any atom is -0.444 e. The van der Waals surface area contributed by atoms with E-state index in [0.29, 0.717) is 23.9 Å². The van der Waals surface area contributed by atoms with Crippen LogP contribution in [0.25, 0.3) is 0 Å². The van der Waals surface area contributed by atoms with E-state index in [-0.39, 0.29) is 6.09 Å². The van der Waals surface area contributed by atoms with Crippen LogP contribution in [0.4, 0.5) is 4.79 Å². The summed E-state index contributed by atoms with van der Waals surface area (Å²) in [7, 11) is 0. The highest BCUT2D eigenvalue weighted by Gasteiger charge is 2.39. The molecule has 0 bridgehead atoms. The summed E-state index contributed by atoms with van der Waals surface area (Å²) in [4.78, 5) is 14.6. The predicted octanol–water partition coefficient (Wildman–Crippen LogP) is 4.46. The fourth-order valence-corrected chi connectivity index (χ4v) is 2.95. The van der Waals surface area contributed by atoms with Crippen LogP contribution in [0.1, 0.15) is 67.7 Å². The van der Waals surface area contributed by atoms with Crippen LogP contribution in [-0.4, -0.2) is 28.7 Å². The fourth-order valence-electron chi connectivity index (χ4n) is 2.95. The molecule has 0 aliphatic carbocycles. The third kappa shape index (κ3) is 4.39. The number of rotatable bonds is 2. The molecule has 0 saturated carbocycles. The van der Waals surface area contributed by atoms with Gasteiger partial charge in [-0.1, -0.05) is 27.7 Å². The smallest absolute Gasteiger partial charge is 0.410 e. The number of hydrogen-bond acceptors (Lipinski definition) is 2. The summed E-state index contributed by atoms with van der Waals surface area (Å²) >= 11 is 0. The normalized spacial score (nSPS) is 25.0. The van der Waals surface area contributed by atoms with Gasteiger partial charge in [0.15, 0.2) is 0 Å². The summed E-state index contributed by atoms with van der Waals surface area (Å²) in [5.74, 6) is 0.961. The van der Waals surface area contributed by atoms with E-state index < -0.39 is 5.60 Å². The zero-order valence-electron chi connectivity index (χ0n) is 13.7. The molecule has 1 heterocycles. The topological polar surface area (TPSA) is 29.5 Å². The highest BCUT2D eigenvalue weighted by atomic mass is 16.6. The Morgan fingerprint density at radius 3 is 1.79 bits per heavy atom. The molecular formula is C16H31NO2. The maximum atomic E-state index is 12.5. The van der Waals surface area contributed by atoms with Crippen molar-refractivity contribution in [1.29, 1.82) is 0 Å². The number of carbonyl (C=O) groups is 1. The van der Waals surface area contributed by atoms with Gasteiger partial charge in [0.25, 0.3) is 0 Å². The van der Waals surface area contributed by atoms with Crippen molar-refractivity contribution >= 4 is 6.09 Å². The van der Waals surface area contributed by atoms with Crippen molar-refractivity contribution in [3.05, 3.63) is 0 Å². The number of nitrogens with zero attached hydrogens (tertiary/aromatic N) is 1. The SMILES string of the molecule is CC(C)[C@H]1CCC[C@H](C(C)C)N1C(=O)OC(C)(C)C. The van der Waals surface area contributed by atoms with Crippen LogP contribution in [0.2, 0.25) is 0 Å². The summed E-state index contributed by atoms with van der Waals surface area (Å²) in [5, 5.41) is 0. The molecule has 1 aliphatic rings. The molecule has 1 aliphatic heterocycles. The van der Waals surface area contributed by atoms with Gasteiger partial charge in [-0.2, -0.15) is 0 Å². The molecule has 3 heteroatoms. The molecule has 0 aromatic heterocycles. The Balaban J connectivity index is 2.93. The maximum absolute atomic E-state index is 12.5. The van der Waals surface area contributed by atoms with Gasteiger partial charge in [-0.25, -0.2) is 4.79 Å². The number of ether oxygens (including phenoxy) is 1. The van der Waals surface area contributed by atoms with E-state index in [1.54, 1.807) is 0 Å². The predicted molar refractivity (Wildman–Crippen MR) is 79.2 cm³/mol. The molecule has 0 spiro atoms. The average molecular weight is 269 g/mol. The minimum atomic E-state index is -0.419. The van der Waals surface area contributed by atoms with Gasteiger partial charge in [0.2, 0.25) is 0 Å². The first kappa shape index (κ1) is 16.3. The maximum Gasteiger partial charge on any atom is 0.410 e. The van der Waals surface area contributed by atoms with Gasteiger partial charge < -0.3 is 9.64 Å². The number of amides is 1. The highest BCUT2D eigenvalue weighted by Crippen LogP contribution is 2.32. The Kier molecular flexibility index (Phi) is 5.28. The lowest BCUT2D eigenvalue weighted by Crippen LogP contribution is -2.55. The second-order valence-electron chi connectivity index (χ2n) is 7.44. The van der Waals surface area contributed by atoms with E-state index >= 15 is 0 Å². The van der Waals surface area contributed by atoms with Crippen molar-refractivity contribution in [2.75, 3.05) is 0 Å². The van der Waals surface area contributed by atoms with E-state index in [4.69, 9.17) is 4.74 Å². The summed E-state index contributed by atoms with van der Waals surface area (Å²) < 4.78 is 5.62. The Labute approximate surface area is 118 Å². The van der Waals surface area contributed by atoms with Gasteiger partial charge in [0, 0.05) is 12.1 Å². The Morgan fingerprint density at radius 1 is 1.05 bits per heavy atom. The molecular weight excluding hydrogens is 238 g/mol. The second kappa shape index (κ2) is 6.15. The monoisotopic (exact) mass is 269 g/mol. The van der Waals surface area contributed by atoms with Crippen molar-refractivity contribution < 1.29 is 9.53 Å². The van der Waals surface area contributed by atoms with Gasteiger partial charge in [-0.3, -0.25) is 0 Å². The van der Waals surface area contributed by atoms with Crippen molar-refractivity contribution in [1.82, 2.24) is 4.90 Å².